The van der Waals surface area contributed by atoms with Crippen molar-refractivity contribution in [2.45, 2.75) is 38.2 Å². The van der Waals surface area contributed by atoms with Crippen LogP contribution in [-0.2, 0) is 11.2 Å². The fraction of sp³-hybridized carbons (Fsp3) is 0.409. The number of benzene rings is 2. The molecule has 2 aromatic rings. The van der Waals surface area contributed by atoms with Gasteiger partial charge in [-0.25, -0.2) is 4.79 Å². The number of carboxylic acid groups (broad SMARTS) is 1. The van der Waals surface area contributed by atoms with Crippen LogP contribution in [0.2, 0.25) is 0 Å². The number of hydrogen-bond acceptors (Lipinski definition) is 3. The van der Waals surface area contributed by atoms with E-state index in [4.69, 9.17) is 4.74 Å². The molecule has 0 bridgehead atoms. The number of carboxylic acids is 1. The van der Waals surface area contributed by atoms with Crippen LogP contribution in [0.15, 0.2) is 54.6 Å². The second-order valence-electron chi connectivity index (χ2n) is 7.15. The molecule has 0 saturated carbocycles. The van der Waals surface area contributed by atoms with E-state index in [0.717, 1.165) is 38.0 Å². The standard InChI is InChI=1S/C22H27NO3/c1-18-7-5-11-20(17-18)26-22(21(24)25)12-15-23(16-13-22)14-6-10-19-8-3-2-4-9-19/h2-5,7-9,11,17H,6,10,12-16H2,1H3,(H,24,25). The summed E-state index contributed by atoms with van der Waals surface area (Å²) >= 11 is 0. The number of likely N-dealkylation sites (tertiary alicyclic amines) is 1. The molecule has 1 aliphatic heterocycles. The van der Waals surface area contributed by atoms with E-state index >= 15 is 0 Å². The Labute approximate surface area is 155 Å². The van der Waals surface area contributed by atoms with E-state index < -0.39 is 11.6 Å². The van der Waals surface area contributed by atoms with Crippen LogP contribution in [0.4, 0.5) is 0 Å². The zero-order valence-corrected chi connectivity index (χ0v) is 15.4. The normalized spacial score (nSPS) is 17.0. The van der Waals surface area contributed by atoms with Crippen LogP contribution < -0.4 is 4.74 Å². The number of piperidine rings is 1. The minimum Gasteiger partial charge on any atom is -0.478 e. The van der Waals surface area contributed by atoms with E-state index in [1.807, 2.05) is 37.3 Å². The first-order chi connectivity index (χ1) is 12.6. The molecular weight excluding hydrogens is 326 g/mol. The maximum atomic E-state index is 11.9. The Morgan fingerprint density at radius 2 is 1.85 bits per heavy atom. The van der Waals surface area contributed by atoms with E-state index in [9.17, 15) is 9.90 Å². The first kappa shape index (κ1) is 18.5. The number of aliphatic carboxylic acids is 1. The summed E-state index contributed by atoms with van der Waals surface area (Å²) in [6.45, 7) is 4.49. The first-order valence-electron chi connectivity index (χ1n) is 9.33. The van der Waals surface area contributed by atoms with Crippen molar-refractivity contribution in [3.8, 4) is 5.75 Å². The number of aryl methyl sites for hydroxylation is 2. The van der Waals surface area contributed by atoms with E-state index in [0.29, 0.717) is 18.6 Å². The van der Waals surface area contributed by atoms with Gasteiger partial charge >= 0.3 is 5.97 Å². The topological polar surface area (TPSA) is 49.8 Å². The molecule has 1 heterocycles. The highest BCUT2D eigenvalue weighted by Crippen LogP contribution is 2.30. The maximum Gasteiger partial charge on any atom is 0.348 e. The van der Waals surface area contributed by atoms with Gasteiger partial charge in [-0.05, 0) is 49.6 Å². The molecule has 0 amide bonds. The van der Waals surface area contributed by atoms with Crippen molar-refractivity contribution in [3.05, 3.63) is 65.7 Å². The summed E-state index contributed by atoms with van der Waals surface area (Å²) in [5.41, 5.74) is 1.32. The van der Waals surface area contributed by atoms with Gasteiger partial charge in [-0.1, -0.05) is 42.5 Å². The fourth-order valence-corrected chi connectivity index (χ4v) is 3.55. The van der Waals surface area contributed by atoms with Crippen molar-refractivity contribution in [1.29, 1.82) is 0 Å². The molecule has 0 atom stereocenters. The predicted octanol–water partition coefficient (Wildman–Crippen LogP) is 3.93. The average Bonchev–Trinajstić information content (AvgIpc) is 2.64. The van der Waals surface area contributed by atoms with Crippen molar-refractivity contribution in [3.63, 3.8) is 0 Å². The summed E-state index contributed by atoms with van der Waals surface area (Å²) in [4.78, 5) is 14.3. The highest BCUT2D eigenvalue weighted by atomic mass is 16.5. The summed E-state index contributed by atoms with van der Waals surface area (Å²) in [5.74, 6) is -0.215. The average molecular weight is 353 g/mol. The van der Waals surface area contributed by atoms with E-state index in [-0.39, 0.29) is 0 Å². The second-order valence-corrected chi connectivity index (χ2v) is 7.15. The predicted molar refractivity (Wildman–Crippen MR) is 103 cm³/mol. The van der Waals surface area contributed by atoms with Gasteiger partial charge in [0.1, 0.15) is 5.75 Å². The Morgan fingerprint density at radius 1 is 1.12 bits per heavy atom. The maximum absolute atomic E-state index is 11.9. The Hall–Kier alpha value is -2.33. The Balaban J connectivity index is 1.53. The molecule has 1 saturated heterocycles. The zero-order chi connectivity index (χ0) is 18.4. The Kier molecular flexibility index (Phi) is 5.94. The third-order valence-electron chi connectivity index (χ3n) is 5.14. The van der Waals surface area contributed by atoms with Crippen LogP contribution in [0.25, 0.3) is 0 Å². The molecule has 26 heavy (non-hydrogen) atoms. The van der Waals surface area contributed by atoms with Crippen LogP contribution >= 0.6 is 0 Å². The lowest BCUT2D eigenvalue weighted by atomic mass is 9.90. The van der Waals surface area contributed by atoms with Gasteiger partial charge in [-0.15, -0.1) is 0 Å². The van der Waals surface area contributed by atoms with Crippen molar-refractivity contribution < 1.29 is 14.6 Å². The molecule has 138 valence electrons. The largest absolute Gasteiger partial charge is 0.478 e. The molecule has 1 aliphatic rings. The van der Waals surface area contributed by atoms with Crippen LogP contribution in [0, 0.1) is 6.92 Å². The molecule has 1 N–H and O–H groups in total. The van der Waals surface area contributed by atoms with Crippen LogP contribution in [-0.4, -0.2) is 41.2 Å². The summed E-state index contributed by atoms with van der Waals surface area (Å²) in [5, 5.41) is 9.79. The molecule has 0 aromatic heterocycles. The molecule has 2 aromatic carbocycles. The molecule has 0 unspecified atom stereocenters. The Morgan fingerprint density at radius 3 is 2.50 bits per heavy atom. The van der Waals surface area contributed by atoms with Crippen molar-refractivity contribution in [2.75, 3.05) is 19.6 Å². The molecule has 1 fully saturated rings. The number of rotatable bonds is 7. The van der Waals surface area contributed by atoms with E-state index in [1.54, 1.807) is 0 Å². The molecule has 3 rings (SSSR count). The highest BCUT2D eigenvalue weighted by Gasteiger charge is 2.43. The quantitative estimate of drug-likeness (QED) is 0.819. The highest BCUT2D eigenvalue weighted by molar-refractivity contribution is 5.78. The number of carbonyl (C=O) groups is 1. The SMILES string of the molecule is Cc1cccc(OC2(C(=O)O)CCN(CCCc3ccccc3)CC2)c1. The lowest BCUT2D eigenvalue weighted by molar-refractivity contribution is -0.159. The van der Waals surface area contributed by atoms with Gasteiger partial charge in [0.05, 0.1) is 0 Å². The summed E-state index contributed by atoms with van der Waals surface area (Å²) in [6, 6.07) is 18.1. The molecule has 0 spiro atoms. The van der Waals surface area contributed by atoms with E-state index in [2.05, 4.69) is 29.2 Å². The zero-order valence-electron chi connectivity index (χ0n) is 15.4. The van der Waals surface area contributed by atoms with Gasteiger partial charge in [0.15, 0.2) is 0 Å². The van der Waals surface area contributed by atoms with Crippen LogP contribution in [0.3, 0.4) is 0 Å². The minimum atomic E-state index is -1.11. The molecule has 0 aliphatic carbocycles. The van der Waals surface area contributed by atoms with Gasteiger partial charge in [0.25, 0.3) is 0 Å². The van der Waals surface area contributed by atoms with E-state index in [1.165, 1.54) is 5.56 Å². The third-order valence-corrected chi connectivity index (χ3v) is 5.14. The third kappa shape index (κ3) is 4.64. The van der Waals surface area contributed by atoms with Gasteiger partial charge in [-0.3, -0.25) is 0 Å². The molecular formula is C22H27NO3. The molecule has 4 heteroatoms. The van der Waals surface area contributed by atoms with Gasteiger partial charge < -0.3 is 14.7 Å². The number of hydrogen-bond donors (Lipinski definition) is 1. The Bertz CT molecular complexity index is 721. The summed E-state index contributed by atoms with van der Waals surface area (Å²) in [6.07, 6.45) is 3.17. The van der Waals surface area contributed by atoms with Gasteiger partial charge in [0, 0.05) is 25.9 Å². The first-order valence-corrected chi connectivity index (χ1v) is 9.33. The number of nitrogens with zero attached hydrogens (tertiary/aromatic N) is 1. The molecule has 0 radical (unpaired) electrons. The smallest absolute Gasteiger partial charge is 0.348 e. The van der Waals surface area contributed by atoms with Crippen LogP contribution in [0.1, 0.15) is 30.4 Å². The lowest BCUT2D eigenvalue weighted by Gasteiger charge is -2.39. The van der Waals surface area contributed by atoms with Crippen molar-refractivity contribution >= 4 is 5.97 Å². The number of ether oxygens (including phenoxy) is 1. The molecule has 4 nitrogen and oxygen atoms in total. The van der Waals surface area contributed by atoms with Crippen LogP contribution in [0.5, 0.6) is 5.75 Å². The lowest BCUT2D eigenvalue weighted by Crippen LogP contribution is -2.53. The summed E-state index contributed by atoms with van der Waals surface area (Å²) < 4.78 is 5.98. The minimum absolute atomic E-state index is 0.515. The second kappa shape index (κ2) is 8.37. The fourth-order valence-electron chi connectivity index (χ4n) is 3.55. The van der Waals surface area contributed by atoms with Gasteiger partial charge in [0.2, 0.25) is 5.60 Å². The van der Waals surface area contributed by atoms with Crippen molar-refractivity contribution in [1.82, 2.24) is 4.90 Å². The monoisotopic (exact) mass is 353 g/mol. The van der Waals surface area contributed by atoms with Gasteiger partial charge in [-0.2, -0.15) is 0 Å². The van der Waals surface area contributed by atoms with Crippen molar-refractivity contribution in [2.24, 2.45) is 0 Å². The summed E-state index contributed by atoms with van der Waals surface area (Å²) in [7, 11) is 0.